The van der Waals surface area contributed by atoms with Gasteiger partial charge >= 0.3 is 0 Å². The van der Waals surface area contributed by atoms with Gasteiger partial charge in [0, 0.05) is 23.2 Å². The number of benzene rings is 1. The number of aryl methyl sites for hydroxylation is 1. The molecule has 2 N–H and O–H groups in total. The van der Waals surface area contributed by atoms with Gasteiger partial charge in [-0.3, -0.25) is 4.68 Å². The lowest BCUT2D eigenvalue weighted by atomic mass is 10.1. The molecule has 0 atom stereocenters. The smallest absolute Gasteiger partial charge is 0.129 e. The normalized spacial score (nSPS) is 10.4. The number of hydrogen-bond acceptors (Lipinski definition) is 3. The first-order valence-corrected chi connectivity index (χ1v) is 5.12. The molecule has 5 heteroatoms. The Morgan fingerprint density at radius 1 is 1.38 bits per heavy atom. The van der Waals surface area contributed by atoms with Crippen molar-refractivity contribution in [1.29, 1.82) is 0 Å². The Bertz CT molecular complexity index is 522. The van der Waals surface area contributed by atoms with Crippen LogP contribution in [0.2, 0.25) is 5.02 Å². The number of ether oxygens (including phenoxy) is 1. The predicted molar refractivity (Wildman–Crippen MR) is 64.6 cm³/mol. The van der Waals surface area contributed by atoms with Crippen LogP contribution < -0.4 is 10.5 Å². The summed E-state index contributed by atoms with van der Waals surface area (Å²) in [7, 11) is 3.40. The first-order valence-electron chi connectivity index (χ1n) is 4.75. The first-order chi connectivity index (χ1) is 7.63. The number of hydrogen-bond donors (Lipinski definition) is 1. The van der Waals surface area contributed by atoms with Crippen molar-refractivity contribution in [1.82, 2.24) is 9.78 Å². The number of nitrogen functional groups attached to an aromatic ring is 1. The second-order valence-corrected chi connectivity index (χ2v) is 3.85. The van der Waals surface area contributed by atoms with Gasteiger partial charge in [-0.1, -0.05) is 11.6 Å². The van der Waals surface area contributed by atoms with Gasteiger partial charge in [0.05, 0.1) is 13.3 Å². The lowest BCUT2D eigenvalue weighted by molar-refractivity contribution is 0.416. The van der Waals surface area contributed by atoms with Crippen molar-refractivity contribution < 1.29 is 4.74 Å². The van der Waals surface area contributed by atoms with Crippen LogP contribution in [0.15, 0.2) is 24.4 Å². The molecule has 2 rings (SSSR count). The van der Waals surface area contributed by atoms with Gasteiger partial charge in [-0.2, -0.15) is 5.10 Å². The minimum atomic E-state index is 0.584. The molecule has 0 unspecified atom stereocenters. The highest BCUT2D eigenvalue weighted by molar-refractivity contribution is 6.31. The van der Waals surface area contributed by atoms with Crippen molar-refractivity contribution >= 4 is 17.4 Å². The molecule has 84 valence electrons. The van der Waals surface area contributed by atoms with E-state index in [2.05, 4.69) is 5.10 Å². The van der Waals surface area contributed by atoms with Crippen LogP contribution in [0.3, 0.4) is 0 Å². The molecule has 0 saturated carbocycles. The quantitative estimate of drug-likeness (QED) is 0.872. The molecule has 0 aliphatic heterocycles. The average molecular weight is 238 g/mol. The zero-order valence-electron chi connectivity index (χ0n) is 9.07. The second kappa shape index (κ2) is 4.06. The zero-order valence-corrected chi connectivity index (χ0v) is 9.82. The Hall–Kier alpha value is -1.68. The minimum absolute atomic E-state index is 0.584. The van der Waals surface area contributed by atoms with Gasteiger partial charge in [0.15, 0.2) is 0 Å². The third-order valence-corrected chi connectivity index (χ3v) is 2.67. The van der Waals surface area contributed by atoms with Gasteiger partial charge in [-0.15, -0.1) is 0 Å². The molecule has 1 aromatic heterocycles. The molecule has 4 nitrogen and oxygen atoms in total. The SMILES string of the molecule is COc1ccc(Cl)cc1-c1cnn(C)c1N. The summed E-state index contributed by atoms with van der Waals surface area (Å²) in [6, 6.07) is 5.40. The van der Waals surface area contributed by atoms with Crippen LogP contribution in [0.1, 0.15) is 0 Å². The largest absolute Gasteiger partial charge is 0.496 e. The van der Waals surface area contributed by atoms with E-state index in [1.807, 2.05) is 12.1 Å². The Kier molecular flexibility index (Phi) is 2.75. The molecular formula is C11H12ClN3O. The molecule has 2 aromatic rings. The summed E-state index contributed by atoms with van der Waals surface area (Å²) < 4.78 is 6.87. The van der Waals surface area contributed by atoms with Crippen molar-refractivity contribution in [2.24, 2.45) is 7.05 Å². The maximum Gasteiger partial charge on any atom is 0.129 e. The van der Waals surface area contributed by atoms with Gasteiger partial charge in [-0.05, 0) is 18.2 Å². The summed E-state index contributed by atoms with van der Waals surface area (Å²) >= 11 is 5.96. The molecule has 16 heavy (non-hydrogen) atoms. The van der Waals surface area contributed by atoms with Crippen molar-refractivity contribution in [2.45, 2.75) is 0 Å². The van der Waals surface area contributed by atoms with Gasteiger partial charge in [0.2, 0.25) is 0 Å². The van der Waals surface area contributed by atoms with Crippen LogP contribution in [0.4, 0.5) is 5.82 Å². The van der Waals surface area contributed by atoms with Gasteiger partial charge in [0.1, 0.15) is 11.6 Å². The third kappa shape index (κ3) is 1.72. The van der Waals surface area contributed by atoms with E-state index in [0.29, 0.717) is 10.8 Å². The number of rotatable bonds is 2. The fraction of sp³-hybridized carbons (Fsp3) is 0.182. The van der Waals surface area contributed by atoms with Crippen molar-refractivity contribution in [2.75, 3.05) is 12.8 Å². The molecule has 0 bridgehead atoms. The van der Waals surface area contributed by atoms with Crippen molar-refractivity contribution in [3.05, 3.63) is 29.4 Å². The lowest BCUT2D eigenvalue weighted by Crippen LogP contribution is -1.98. The monoisotopic (exact) mass is 237 g/mol. The molecule has 1 aromatic carbocycles. The summed E-state index contributed by atoms with van der Waals surface area (Å²) in [5, 5.41) is 4.73. The predicted octanol–water partition coefficient (Wildman–Crippen LogP) is 2.33. The minimum Gasteiger partial charge on any atom is -0.496 e. The van der Waals surface area contributed by atoms with E-state index >= 15 is 0 Å². The van der Waals surface area contributed by atoms with Gasteiger partial charge in [0.25, 0.3) is 0 Å². The van der Waals surface area contributed by atoms with Gasteiger partial charge in [-0.25, -0.2) is 0 Å². The van der Waals surface area contributed by atoms with Crippen LogP contribution >= 0.6 is 11.6 Å². The average Bonchev–Trinajstić information content (AvgIpc) is 2.60. The molecule has 0 amide bonds. The molecule has 0 radical (unpaired) electrons. The highest BCUT2D eigenvalue weighted by atomic mass is 35.5. The van der Waals surface area contributed by atoms with Crippen LogP contribution in [0.25, 0.3) is 11.1 Å². The standard InChI is InChI=1S/C11H12ClN3O/c1-15-11(13)9(6-14-15)8-5-7(12)3-4-10(8)16-2/h3-6H,13H2,1-2H3. The number of methoxy groups -OCH3 is 1. The highest BCUT2D eigenvalue weighted by Crippen LogP contribution is 2.35. The van der Waals surface area contributed by atoms with E-state index in [-0.39, 0.29) is 0 Å². The summed E-state index contributed by atoms with van der Waals surface area (Å²) in [6.45, 7) is 0. The molecule has 0 saturated heterocycles. The molecule has 1 heterocycles. The zero-order chi connectivity index (χ0) is 11.7. The Balaban J connectivity index is 2.62. The lowest BCUT2D eigenvalue weighted by Gasteiger charge is -2.08. The fourth-order valence-corrected chi connectivity index (χ4v) is 1.72. The summed E-state index contributed by atoms with van der Waals surface area (Å²) in [5.41, 5.74) is 7.58. The third-order valence-electron chi connectivity index (χ3n) is 2.44. The maximum absolute atomic E-state index is 5.96. The molecule has 0 aliphatic rings. The van der Waals surface area contributed by atoms with E-state index in [0.717, 1.165) is 16.9 Å². The molecular weight excluding hydrogens is 226 g/mol. The maximum atomic E-state index is 5.96. The number of anilines is 1. The fourth-order valence-electron chi connectivity index (χ4n) is 1.55. The van der Waals surface area contributed by atoms with Gasteiger partial charge < -0.3 is 10.5 Å². The van der Waals surface area contributed by atoms with Crippen molar-refractivity contribution in [3.63, 3.8) is 0 Å². The summed E-state index contributed by atoms with van der Waals surface area (Å²) in [4.78, 5) is 0. The summed E-state index contributed by atoms with van der Waals surface area (Å²) in [5.74, 6) is 1.31. The Morgan fingerprint density at radius 3 is 2.69 bits per heavy atom. The first kappa shape index (κ1) is 10.8. The Morgan fingerprint density at radius 2 is 2.12 bits per heavy atom. The molecule has 0 fully saturated rings. The summed E-state index contributed by atoms with van der Waals surface area (Å²) in [6.07, 6.45) is 1.70. The van der Waals surface area contributed by atoms with E-state index in [1.54, 1.807) is 31.1 Å². The number of halogens is 1. The Labute approximate surface area is 98.6 Å². The number of nitrogens with two attached hydrogens (primary N) is 1. The van der Waals surface area contributed by atoms with E-state index in [1.165, 1.54) is 0 Å². The molecule has 0 aliphatic carbocycles. The second-order valence-electron chi connectivity index (χ2n) is 3.41. The van der Waals surface area contributed by atoms with E-state index in [4.69, 9.17) is 22.1 Å². The topological polar surface area (TPSA) is 53.1 Å². The van der Waals surface area contributed by atoms with E-state index < -0.39 is 0 Å². The van der Waals surface area contributed by atoms with Crippen LogP contribution in [0.5, 0.6) is 5.75 Å². The molecule has 0 spiro atoms. The van der Waals surface area contributed by atoms with Crippen LogP contribution in [-0.2, 0) is 7.05 Å². The number of nitrogens with zero attached hydrogens (tertiary/aromatic N) is 2. The van der Waals surface area contributed by atoms with Crippen molar-refractivity contribution in [3.8, 4) is 16.9 Å². The van der Waals surface area contributed by atoms with Crippen LogP contribution in [0, 0.1) is 0 Å². The van der Waals surface area contributed by atoms with Crippen LogP contribution in [-0.4, -0.2) is 16.9 Å². The van der Waals surface area contributed by atoms with E-state index in [9.17, 15) is 0 Å². The number of aromatic nitrogens is 2. The highest BCUT2D eigenvalue weighted by Gasteiger charge is 2.12.